The highest BCUT2D eigenvalue weighted by Gasteiger charge is 2.34. The maximum absolute atomic E-state index is 14.6. The van der Waals surface area contributed by atoms with E-state index < -0.39 is 17.6 Å². The van der Waals surface area contributed by atoms with E-state index in [0.29, 0.717) is 32.6 Å². The lowest BCUT2D eigenvalue weighted by atomic mass is 10.0. The molecule has 38 heavy (non-hydrogen) atoms. The van der Waals surface area contributed by atoms with Crippen molar-refractivity contribution in [2.24, 2.45) is 0 Å². The zero-order valence-corrected chi connectivity index (χ0v) is 21.6. The third-order valence-electron chi connectivity index (χ3n) is 5.92. The molecule has 1 heterocycles. The van der Waals surface area contributed by atoms with Gasteiger partial charge in [-0.1, -0.05) is 65.1 Å². The van der Waals surface area contributed by atoms with Gasteiger partial charge in [0, 0.05) is 37.1 Å². The first-order chi connectivity index (χ1) is 18.1. The van der Waals surface area contributed by atoms with Gasteiger partial charge in [-0.15, -0.1) is 0 Å². The van der Waals surface area contributed by atoms with Crippen LogP contribution in [0.1, 0.15) is 16.7 Å². The van der Waals surface area contributed by atoms with Gasteiger partial charge in [-0.3, -0.25) is 4.68 Å². The van der Waals surface area contributed by atoms with Crippen LogP contribution in [-0.2, 0) is 19.3 Å². The Kier molecular flexibility index (Phi) is 7.27. The SMILES string of the molecule is Fc1cc(Cl)ccc1Cn1nc2c(C(F)(F)F)cccc2c1-c1cccc(OCc2cc(Cl)ccc2Cl)c1. The van der Waals surface area contributed by atoms with E-state index in [1.807, 2.05) is 0 Å². The van der Waals surface area contributed by atoms with Crippen LogP contribution < -0.4 is 4.74 Å². The van der Waals surface area contributed by atoms with E-state index in [0.717, 1.165) is 12.1 Å². The van der Waals surface area contributed by atoms with Crippen molar-refractivity contribution in [1.29, 1.82) is 0 Å². The summed E-state index contributed by atoms with van der Waals surface area (Å²) in [5, 5.41) is 5.75. The summed E-state index contributed by atoms with van der Waals surface area (Å²) in [4.78, 5) is 0. The maximum Gasteiger partial charge on any atom is 0.418 e. The molecule has 0 aliphatic rings. The summed E-state index contributed by atoms with van der Waals surface area (Å²) < 4.78 is 63.4. The topological polar surface area (TPSA) is 27.1 Å². The number of benzene rings is 4. The first kappa shape index (κ1) is 26.4. The summed E-state index contributed by atoms with van der Waals surface area (Å²) in [6.45, 7) is 0.00455. The van der Waals surface area contributed by atoms with Gasteiger partial charge in [0.25, 0.3) is 0 Å². The quantitative estimate of drug-likeness (QED) is 0.187. The zero-order valence-electron chi connectivity index (χ0n) is 19.4. The molecule has 0 atom stereocenters. The highest BCUT2D eigenvalue weighted by atomic mass is 35.5. The van der Waals surface area contributed by atoms with Crippen LogP contribution >= 0.6 is 34.8 Å². The Hall–Kier alpha value is -3.26. The number of nitrogens with zero attached hydrogens (tertiary/aromatic N) is 2. The minimum absolute atomic E-state index is 0.118. The molecule has 194 valence electrons. The van der Waals surface area contributed by atoms with Gasteiger partial charge in [-0.05, 0) is 48.5 Å². The van der Waals surface area contributed by atoms with Crippen molar-refractivity contribution in [2.75, 3.05) is 0 Å². The molecule has 0 aliphatic heterocycles. The molecule has 0 N–H and O–H groups in total. The van der Waals surface area contributed by atoms with Crippen LogP contribution in [0.2, 0.25) is 15.1 Å². The number of halogens is 7. The highest BCUT2D eigenvalue weighted by molar-refractivity contribution is 6.33. The van der Waals surface area contributed by atoms with Crippen LogP contribution in [0.3, 0.4) is 0 Å². The van der Waals surface area contributed by atoms with Gasteiger partial charge in [0.1, 0.15) is 23.7 Å². The first-order valence-corrected chi connectivity index (χ1v) is 12.4. The molecule has 0 unspecified atom stereocenters. The van der Waals surface area contributed by atoms with Gasteiger partial charge in [0.05, 0.1) is 17.8 Å². The fourth-order valence-corrected chi connectivity index (χ4v) is 4.68. The van der Waals surface area contributed by atoms with E-state index in [1.165, 1.54) is 22.9 Å². The number of hydrogen-bond acceptors (Lipinski definition) is 2. The van der Waals surface area contributed by atoms with Crippen molar-refractivity contribution in [3.05, 3.63) is 116 Å². The average Bonchev–Trinajstić information content (AvgIpc) is 3.24. The van der Waals surface area contributed by atoms with E-state index in [1.54, 1.807) is 48.5 Å². The molecule has 0 spiro atoms. The molecule has 3 nitrogen and oxygen atoms in total. The first-order valence-electron chi connectivity index (χ1n) is 11.3. The Morgan fingerprint density at radius 3 is 2.32 bits per heavy atom. The minimum Gasteiger partial charge on any atom is -0.489 e. The summed E-state index contributed by atoms with van der Waals surface area (Å²) in [7, 11) is 0. The van der Waals surface area contributed by atoms with E-state index in [-0.39, 0.29) is 34.6 Å². The van der Waals surface area contributed by atoms with Crippen LogP contribution in [0.5, 0.6) is 5.75 Å². The lowest BCUT2D eigenvalue weighted by Crippen LogP contribution is -2.07. The fraction of sp³-hybridized carbons (Fsp3) is 0.107. The average molecular weight is 580 g/mol. The highest BCUT2D eigenvalue weighted by Crippen LogP contribution is 2.39. The van der Waals surface area contributed by atoms with Gasteiger partial charge in [0.15, 0.2) is 0 Å². The number of hydrogen-bond donors (Lipinski definition) is 0. The molecule has 4 aromatic carbocycles. The molecular formula is C28H17Cl3F4N2O. The van der Waals surface area contributed by atoms with Crippen molar-refractivity contribution in [1.82, 2.24) is 9.78 Å². The van der Waals surface area contributed by atoms with E-state index in [4.69, 9.17) is 39.5 Å². The van der Waals surface area contributed by atoms with Crippen molar-refractivity contribution in [3.8, 4) is 17.0 Å². The lowest BCUT2D eigenvalue weighted by Gasteiger charge is -2.12. The second kappa shape index (κ2) is 10.5. The fourth-order valence-electron chi connectivity index (χ4n) is 4.16. The van der Waals surface area contributed by atoms with E-state index in [9.17, 15) is 17.6 Å². The molecule has 1 aromatic heterocycles. The molecule has 0 radical (unpaired) electrons. The Balaban J connectivity index is 1.59. The Morgan fingerprint density at radius 1 is 0.816 bits per heavy atom. The van der Waals surface area contributed by atoms with Crippen LogP contribution in [-0.4, -0.2) is 9.78 Å². The summed E-state index contributed by atoms with van der Waals surface area (Å²) in [6, 6.07) is 19.9. The molecule has 0 saturated heterocycles. The van der Waals surface area contributed by atoms with Crippen LogP contribution in [0.4, 0.5) is 17.6 Å². The lowest BCUT2D eigenvalue weighted by molar-refractivity contribution is -0.136. The molecule has 10 heteroatoms. The van der Waals surface area contributed by atoms with Gasteiger partial charge in [-0.2, -0.15) is 18.3 Å². The molecule has 0 amide bonds. The van der Waals surface area contributed by atoms with E-state index in [2.05, 4.69) is 5.10 Å². The largest absolute Gasteiger partial charge is 0.489 e. The second-order valence-corrected chi connectivity index (χ2v) is 9.77. The Morgan fingerprint density at radius 2 is 1.55 bits per heavy atom. The van der Waals surface area contributed by atoms with E-state index >= 15 is 0 Å². The third-order valence-corrected chi connectivity index (χ3v) is 6.76. The molecular weight excluding hydrogens is 563 g/mol. The number of aromatic nitrogens is 2. The predicted octanol–water partition coefficient (Wildman–Crippen LogP) is 9.45. The second-order valence-electron chi connectivity index (χ2n) is 8.49. The van der Waals surface area contributed by atoms with Crippen molar-refractivity contribution in [3.63, 3.8) is 0 Å². The van der Waals surface area contributed by atoms with Crippen LogP contribution in [0.15, 0.2) is 78.9 Å². The summed E-state index contributed by atoms with van der Waals surface area (Å²) in [5.41, 5.74) is 0.701. The van der Waals surface area contributed by atoms with Crippen LogP contribution in [0, 0.1) is 5.82 Å². The van der Waals surface area contributed by atoms with Crippen molar-refractivity contribution < 1.29 is 22.3 Å². The Labute approximate surface area is 230 Å². The molecule has 0 fully saturated rings. The van der Waals surface area contributed by atoms with Gasteiger partial charge < -0.3 is 4.74 Å². The zero-order chi connectivity index (χ0) is 27.0. The number of alkyl halides is 3. The Bertz CT molecular complexity index is 1650. The molecule has 5 rings (SSSR count). The monoisotopic (exact) mass is 578 g/mol. The third kappa shape index (κ3) is 5.46. The summed E-state index contributed by atoms with van der Waals surface area (Å²) >= 11 is 18.2. The normalized spacial score (nSPS) is 11.8. The number of fused-ring (bicyclic) bond motifs is 1. The molecule has 0 aliphatic carbocycles. The summed E-state index contributed by atoms with van der Waals surface area (Å²) in [5.74, 6) is -0.140. The number of rotatable bonds is 6. The van der Waals surface area contributed by atoms with Crippen LogP contribution in [0.25, 0.3) is 22.2 Å². The van der Waals surface area contributed by atoms with Gasteiger partial charge >= 0.3 is 6.18 Å². The minimum atomic E-state index is -4.62. The standard InChI is InChI=1S/C28H17Cl3F4N2O/c29-19-9-10-24(31)18(11-19)15-38-21-4-1-3-16(12-21)27-22-5-2-6-23(28(33,34)35)26(22)36-37(27)14-17-7-8-20(30)13-25(17)32/h1-13H,14-15H2. The van der Waals surface area contributed by atoms with Gasteiger partial charge in [-0.25, -0.2) is 4.39 Å². The van der Waals surface area contributed by atoms with Crippen molar-refractivity contribution in [2.45, 2.75) is 19.3 Å². The predicted molar refractivity (Wildman–Crippen MR) is 141 cm³/mol. The van der Waals surface area contributed by atoms with Gasteiger partial charge in [0.2, 0.25) is 0 Å². The molecule has 0 saturated carbocycles. The molecule has 5 aromatic rings. The molecule has 0 bridgehead atoms. The smallest absolute Gasteiger partial charge is 0.418 e. The summed E-state index contributed by atoms with van der Waals surface area (Å²) in [6.07, 6.45) is -4.62. The van der Waals surface area contributed by atoms with Crippen molar-refractivity contribution >= 4 is 45.7 Å². The number of ether oxygens (including phenoxy) is 1. The maximum atomic E-state index is 14.6.